The number of anilines is 1. The van der Waals surface area contributed by atoms with Crippen LogP contribution in [0, 0.1) is 0 Å². The monoisotopic (exact) mass is 617 g/mol. The van der Waals surface area contributed by atoms with E-state index in [0.717, 1.165) is 0 Å². The van der Waals surface area contributed by atoms with E-state index in [9.17, 15) is 52.6 Å². The lowest BCUT2D eigenvalue weighted by molar-refractivity contribution is -0.137. The molecule has 0 bridgehead atoms. The Morgan fingerprint density at radius 1 is 0.895 bits per heavy atom. The molecule has 0 radical (unpaired) electrons. The van der Waals surface area contributed by atoms with Crippen molar-refractivity contribution in [2.75, 3.05) is 17.4 Å². The van der Waals surface area contributed by atoms with Gasteiger partial charge in [-0.05, 0) is 35.7 Å². The zero-order valence-corrected chi connectivity index (χ0v) is 21.6. The Kier molecular flexibility index (Phi) is 7.72. The first-order chi connectivity index (χ1) is 17.3. The molecule has 206 valence electrons. The third kappa shape index (κ3) is 6.00. The predicted molar refractivity (Wildman–Crippen MR) is 128 cm³/mol. The highest BCUT2D eigenvalue weighted by Crippen LogP contribution is 2.44. The summed E-state index contributed by atoms with van der Waals surface area (Å²) in [5, 5.41) is 16.4. The number of rotatable bonds is 7. The number of sulfone groups is 1. The Balaban J connectivity index is 2.38. The summed E-state index contributed by atoms with van der Waals surface area (Å²) in [6.45, 7) is 0. The number of phenolic OH excluding ortho intramolecular Hbond substituents is 1. The summed E-state index contributed by atoms with van der Waals surface area (Å²) in [5.74, 6) is -2.01. The zero-order chi connectivity index (χ0) is 28.8. The third-order valence-electron chi connectivity index (χ3n) is 4.97. The molecular weight excluding hydrogens is 603 g/mol. The van der Waals surface area contributed by atoms with Crippen LogP contribution in [0.25, 0.3) is 10.8 Å². The third-order valence-corrected chi connectivity index (χ3v) is 8.84. The van der Waals surface area contributed by atoms with Crippen LogP contribution in [0.15, 0.2) is 61.3 Å². The van der Waals surface area contributed by atoms with Crippen molar-refractivity contribution in [3.05, 3.63) is 42.0 Å². The van der Waals surface area contributed by atoms with Crippen LogP contribution in [0.2, 0.25) is 0 Å². The van der Waals surface area contributed by atoms with Gasteiger partial charge in [0.25, 0.3) is 20.2 Å². The summed E-state index contributed by atoms with van der Waals surface area (Å²) in [6, 6.07) is 3.27. The molecular formula is C19H15ClF3N3O9S3. The number of phenols is 1. The molecule has 0 unspecified atom stereocenters. The van der Waals surface area contributed by atoms with E-state index in [4.69, 9.17) is 17.3 Å². The zero-order valence-electron chi connectivity index (χ0n) is 18.4. The van der Waals surface area contributed by atoms with Crippen LogP contribution in [0.3, 0.4) is 0 Å². The number of azo groups is 1. The van der Waals surface area contributed by atoms with Crippen molar-refractivity contribution in [1.29, 1.82) is 0 Å². The molecule has 38 heavy (non-hydrogen) atoms. The number of hydrogen-bond acceptors (Lipinski definition) is 10. The largest absolute Gasteiger partial charge is 0.507 e. The molecule has 0 fully saturated rings. The number of halogens is 4. The van der Waals surface area contributed by atoms with E-state index in [2.05, 4.69) is 10.2 Å². The van der Waals surface area contributed by atoms with Gasteiger partial charge in [0, 0.05) is 17.3 Å². The molecule has 0 aliphatic heterocycles. The van der Waals surface area contributed by atoms with E-state index < -0.39 is 102 Å². The average Bonchev–Trinajstić information content (AvgIpc) is 2.75. The van der Waals surface area contributed by atoms with Gasteiger partial charge in [-0.3, -0.25) is 9.11 Å². The van der Waals surface area contributed by atoms with Crippen molar-refractivity contribution < 1.29 is 52.6 Å². The summed E-state index contributed by atoms with van der Waals surface area (Å²) in [6.07, 6.45) is -4.93. The van der Waals surface area contributed by atoms with Gasteiger partial charge in [-0.1, -0.05) is 0 Å². The maximum absolute atomic E-state index is 13.3. The standard InChI is InChI=1S/C19H15ClF3N3O9S3/c20-3-4-36(28,29)14-2-1-10(19(21,22)23)7-12(14)25-26-18-15(38(33,34)35)6-9-5-11(37(30,31)32)8-13(27)16(9)17(18)24/h1-2,5-8,27H,3-4,24H2,(H,30,31,32)(H,33,34,35). The van der Waals surface area contributed by atoms with Crippen LogP contribution in [0.4, 0.5) is 30.2 Å². The van der Waals surface area contributed by atoms with Crippen molar-refractivity contribution in [3.8, 4) is 5.75 Å². The van der Waals surface area contributed by atoms with Crippen molar-refractivity contribution in [1.82, 2.24) is 0 Å². The lowest BCUT2D eigenvalue weighted by Gasteiger charge is -2.13. The molecule has 19 heteroatoms. The fourth-order valence-electron chi connectivity index (χ4n) is 3.29. The number of nitrogens with zero attached hydrogens (tertiary/aromatic N) is 2. The Bertz CT molecular complexity index is 1810. The van der Waals surface area contributed by atoms with Gasteiger partial charge >= 0.3 is 6.18 Å². The predicted octanol–water partition coefficient (Wildman–Crippen LogP) is 4.07. The van der Waals surface area contributed by atoms with Gasteiger partial charge in [-0.25, -0.2) is 8.42 Å². The number of alkyl halides is 4. The summed E-state index contributed by atoms with van der Waals surface area (Å²) in [7, 11) is -14.4. The molecule has 0 amide bonds. The highest BCUT2D eigenvalue weighted by molar-refractivity contribution is 7.91. The molecule has 0 aromatic heterocycles. The first-order valence-electron chi connectivity index (χ1n) is 9.73. The van der Waals surface area contributed by atoms with Crippen LogP contribution < -0.4 is 5.73 Å². The van der Waals surface area contributed by atoms with Crippen molar-refractivity contribution in [2.24, 2.45) is 10.2 Å². The van der Waals surface area contributed by atoms with Crippen molar-refractivity contribution >= 4 is 69.5 Å². The second-order valence-corrected chi connectivity index (χ2v) is 12.8. The summed E-state index contributed by atoms with van der Waals surface area (Å²) < 4.78 is 131. The Morgan fingerprint density at radius 3 is 2.05 bits per heavy atom. The van der Waals surface area contributed by atoms with E-state index in [0.29, 0.717) is 36.4 Å². The first-order valence-corrected chi connectivity index (χ1v) is 14.8. The lowest BCUT2D eigenvalue weighted by Crippen LogP contribution is -2.10. The maximum atomic E-state index is 13.3. The molecule has 0 saturated carbocycles. The molecule has 12 nitrogen and oxygen atoms in total. The van der Waals surface area contributed by atoms with E-state index in [1.165, 1.54) is 0 Å². The summed E-state index contributed by atoms with van der Waals surface area (Å²) >= 11 is 5.47. The molecule has 3 aromatic rings. The quantitative estimate of drug-likeness (QED) is 0.129. The van der Waals surface area contributed by atoms with Crippen LogP contribution >= 0.6 is 11.6 Å². The van der Waals surface area contributed by atoms with Crippen molar-refractivity contribution in [3.63, 3.8) is 0 Å². The van der Waals surface area contributed by atoms with Crippen LogP contribution in [0.1, 0.15) is 5.56 Å². The number of aromatic hydroxyl groups is 1. The van der Waals surface area contributed by atoms with E-state index in [1.54, 1.807) is 0 Å². The first kappa shape index (κ1) is 29.5. The minimum absolute atomic E-state index is 0.324. The molecule has 3 aromatic carbocycles. The molecule has 0 aliphatic carbocycles. The topological polar surface area (TPSA) is 214 Å². The van der Waals surface area contributed by atoms with Gasteiger partial charge in [0.15, 0.2) is 9.84 Å². The molecule has 5 N–H and O–H groups in total. The van der Waals surface area contributed by atoms with Gasteiger partial charge in [0.2, 0.25) is 0 Å². The molecule has 0 atom stereocenters. The second kappa shape index (κ2) is 9.93. The van der Waals surface area contributed by atoms with Crippen LogP contribution in [-0.2, 0) is 36.2 Å². The fraction of sp³-hybridized carbons (Fsp3) is 0.158. The molecule has 3 rings (SSSR count). The highest BCUT2D eigenvalue weighted by Gasteiger charge is 2.32. The molecule has 0 heterocycles. The van der Waals surface area contributed by atoms with E-state index >= 15 is 0 Å². The van der Waals surface area contributed by atoms with Crippen molar-refractivity contribution in [2.45, 2.75) is 20.9 Å². The fourth-order valence-corrected chi connectivity index (χ4v) is 6.22. The van der Waals surface area contributed by atoms with Gasteiger partial charge in [-0.15, -0.1) is 21.8 Å². The second-order valence-electron chi connectivity index (χ2n) is 7.52. The molecule has 0 aliphatic rings. The molecule has 0 spiro atoms. The Morgan fingerprint density at radius 2 is 1.53 bits per heavy atom. The van der Waals surface area contributed by atoms with Crippen LogP contribution in [-0.4, -0.2) is 51.1 Å². The van der Waals surface area contributed by atoms with Gasteiger partial charge in [-0.2, -0.15) is 30.0 Å². The maximum Gasteiger partial charge on any atom is 0.416 e. The summed E-state index contributed by atoms with van der Waals surface area (Å²) in [5.41, 5.74) is 2.03. The number of nitrogen functional groups attached to an aromatic ring is 1. The number of hydrogen-bond donors (Lipinski definition) is 4. The molecule has 0 saturated heterocycles. The Hall–Kier alpha value is -3.03. The number of nitrogens with two attached hydrogens (primary N) is 1. The van der Waals surface area contributed by atoms with Gasteiger partial charge in [0.1, 0.15) is 22.0 Å². The number of fused-ring (bicyclic) bond motifs is 1. The van der Waals surface area contributed by atoms with Gasteiger partial charge < -0.3 is 10.8 Å². The Labute approximate surface area is 218 Å². The van der Waals surface area contributed by atoms with E-state index in [-0.39, 0.29) is 0 Å². The lowest BCUT2D eigenvalue weighted by atomic mass is 10.1. The minimum Gasteiger partial charge on any atom is -0.507 e. The summed E-state index contributed by atoms with van der Waals surface area (Å²) in [4.78, 5) is -2.73. The highest BCUT2D eigenvalue weighted by atomic mass is 35.5. The minimum atomic E-state index is -5.23. The van der Waals surface area contributed by atoms with Crippen LogP contribution in [0.5, 0.6) is 5.75 Å². The normalized spacial score (nSPS) is 13.4. The smallest absolute Gasteiger partial charge is 0.416 e. The number of benzene rings is 3. The van der Waals surface area contributed by atoms with Gasteiger partial charge in [0.05, 0.1) is 26.8 Å². The SMILES string of the molecule is Nc1c(N=Nc2cc(C(F)(F)F)ccc2S(=O)(=O)CCCl)c(S(=O)(=O)O)cc2cc(S(=O)(=O)O)cc(O)c12. The van der Waals surface area contributed by atoms with E-state index in [1.807, 2.05) is 0 Å². The average molecular weight is 618 g/mol.